The molecular formula is C14H13NO2. The molecule has 86 valence electrons. The first kappa shape index (κ1) is 11.3. The molecular weight excluding hydrogens is 214 g/mol. The number of nitrogens with zero attached hydrogens (tertiary/aromatic N) is 1. The van der Waals surface area contributed by atoms with E-state index in [4.69, 9.17) is 0 Å². The molecule has 0 N–H and O–H groups in total. The minimum absolute atomic E-state index is 0.295. The highest BCUT2D eigenvalue weighted by atomic mass is 16.2. The molecule has 0 unspecified atom stereocenters. The molecule has 1 aliphatic heterocycles. The minimum Gasteiger partial charge on any atom is -0.269 e. The quantitative estimate of drug-likeness (QED) is 0.726. The van der Waals surface area contributed by atoms with Crippen LogP contribution in [-0.4, -0.2) is 16.7 Å². The van der Waals surface area contributed by atoms with E-state index < -0.39 is 0 Å². The Labute approximate surface area is 100 Å². The van der Waals surface area contributed by atoms with Gasteiger partial charge in [0.25, 0.3) is 11.8 Å². The summed E-state index contributed by atoms with van der Waals surface area (Å²) in [7, 11) is 0. The van der Waals surface area contributed by atoms with E-state index in [9.17, 15) is 9.59 Å². The van der Waals surface area contributed by atoms with Gasteiger partial charge < -0.3 is 0 Å². The Balaban J connectivity index is 2.21. The molecule has 2 rings (SSSR count). The van der Waals surface area contributed by atoms with Crippen molar-refractivity contribution in [2.24, 2.45) is 0 Å². The van der Waals surface area contributed by atoms with Crippen molar-refractivity contribution in [2.75, 3.05) is 0 Å². The van der Waals surface area contributed by atoms with Crippen LogP contribution in [0.25, 0.3) is 6.08 Å². The monoisotopic (exact) mass is 227 g/mol. The highest BCUT2D eigenvalue weighted by Crippen LogP contribution is 2.13. The van der Waals surface area contributed by atoms with Crippen molar-refractivity contribution < 1.29 is 9.59 Å². The highest BCUT2D eigenvalue weighted by molar-refractivity contribution is 6.14. The molecule has 1 heterocycles. The fourth-order valence-corrected chi connectivity index (χ4v) is 1.73. The second-order valence-corrected chi connectivity index (χ2v) is 4.06. The van der Waals surface area contributed by atoms with E-state index in [1.165, 1.54) is 23.9 Å². The molecule has 1 aromatic carbocycles. The average Bonchev–Trinajstić information content (AvgIpc) is 2.58. The van der Waals surface area contributed by atoms with Crippen molar-refractivity contribution in [3.8, 4) is 0 Å². The van der Waals surface area contributed by atoms with Gasteiger partial charge in [-0.1, -0.05) is 23.8 Å². The first-order chi connectivity index (χ1) is 8.08. The zero-order valence-electron chi connectivity index (χ0n) is 9.81. The molecule has 0 aliphatic carbocycles. The van der Waals surface area contributed by atoms with Crippen LogP contribution in [-0.2, 0) is 9.59 Å². The molecule has 0 fully saturated rings. The molecule has 3 heteroatoms. The summed E-state index contributed by atoms with van der Waals surface area (Å²) in [5.41, 5.74) is 3.31. The van der Waals surface area contributed by atoms with Crippen molar-refractivity contribution >= 4 is 17.9 Å². The van der Waals surface area contributed by atoms with Gasteiger partial charge in [-0.3, -0.25) is 14.5 Å². The van der Waals surface area contributed by atoms with Gasteiger partial charge in [-0.05, 0) is 31.1 Å². The van der Waals surface area contributed by atoms with Gasteiger partial charge in [-0.15, -0.1) is 0 Å². The van der Waals surface area contributed by atoms with Crippen LogP contribution >= 0.6 is 0 Å². The Morgan fingerprint density at radius 1 is 1.06 bits per heavy atom. The maximum Gasteiger partial charge on any atom is 0.257 e. The Hall–Kier alpha value is -2.16. The van der Waals surface area contributed by atoms with Gasteiger partial charge in [-0.25, -0.2) is 0 Å². The Morgan fingerprint density at radius 3 is 2.29 bits per heavy atom. The highest BCUT2D eigenvalue weighted by Gasteiger charge is 2.20. The summed E-state index contributed by atoms with van der Waals surface area (Å²) in [4.78, 5) is 23.7. The zero-order valence-corrected chi connectivity index (χ0v) is 9.81. The summed E-state index contributed by atoms with van der Waals surface area (Å²) in [6.45, 7) is 4.02. The lowest BCUT2D eigenvalue weighted by Crippen LogP contribution is -2.23. The van der Waals surface area contributed by atoms with E-state index in [2.05, 4.69) is 6.07 Å². The van der Waals surface area contributed by atoms with Crippen LogP contribution in [0.5, 0.6) is 0 Å². The normalized spacial score (nSPS) is 15.3. The van der Waals surface area contributed by atoms with E-state index in [1.54, 1.807) is 6.08 Å². The molecule has 2 amide bonds. The summed E-state index contributed by atoms with van der Waals surface area (Å²) < 4.78 is 0. The predicted molar refractivity (Wildman–Crippen MR) is 65.9 cm³/mol. The predicted octanol–water partition coefficient (Wildman–Crippen LogP) is 2.20. The number of hydrogen-bond donors (Lipinski definition) is 0. The average molecular weight is 227 g/mol. The van der Waals surface area contributed by atoms with Crippen molar-refractivity contribution in [2.45, 2.75) is 13.8 Å². The van der Waals surface area contributed by atoms with Gasteiger partial charge in [0, 0.05) is 18.4 Å². The number of hydrogen-bond acceptors (Lipinski definition) is 2. The molecule has 17 heavy (non-hydrogen) atoms. The molecule has 1 aliphatic rings. The maximum atomic E-state index is 11.3. The number of carbonyl (C=O) groups is 2. The topological polar surface area (TPSA) is 37.4 Å². The van der Waals surface area contributed by atoms with Crippen LogP contribution in [0.4, 0.5) is 0 Å². The summed E-state index contributed by atoms with van der Waals surface area (Å²) in [5.74, 6) is -0.591. The summed E-state index contributed by atoms with van der Waals surface area (Å²) in [5, 5.41) is 0. The number of imide groups is 1. The van der Waals surface area contributed by atoms with Gasteiger partial charge in [-0.2, -0.15) is 0 Å². The zero-order chi connectivity index (χ0) is 12.4. The number of rotatable bonds is 2. The van der Waals surface area contributed by atoms with Gasteiger partial charge >= 0.3 is 0 Å². The molecule has 3 nitrogen and oxygen atoms in total. The second-order valence-electron chi connectivity index (χ2n) is 4.06. The van der Waals surface area contributed by atoms with Gasteiger partial charge in [0.1, 0.15) is 0 Å². The second kappa shape index (κ2) is 4.37. The smallest absolute Gasteiger partial charge is 0.257 e. The minimum atomic E-state index is -0.295. The largest absolute Gasteiger partial charge is 0.269 e. The van der Waals surface area contributed by atoms with Crippen molar-refractivity contribution in [1.29, 1.82) is 0 Å². The third-order valence-corrected chi connectivity index (χ3v) is 2.67. The Kier molecular flexibility index (Phi) is 2.91. The van der Waals surface area contributed by atoms with Crippen molar-refractivity contribution in [1.82, 2.24) is 4.90 Å². The molecule has 0 spiro atoms. The van der Waals surface area contributed by atoms with Crippen LogP contribution in [0.3, 0.4) is 0 Å². The number of amides is 2. The van der Waals surface area contributed by atoms with Crippen LogP contribution in [0.1, 0.15) is 16.7 Å². The number of benzene rings is 1. The van der Waals surface area contributed by atoms with E-state index in [-0.39, 0.29) is 11.8 Å². The number of aryl methyl sites for hydroxylation is 2. The maximum absolute atomic E-state index is 11.3. The van der Waals surface area contributed by atoms with Crippen molar-refractivity contribution in [3.05, 3.63) is 53.2 Å². The van der Waals surface area contributed by atoms with Gasteiger partial charge in [0.15, 0.2) is 0 Å². The van der Waals surface area contributed by atoms with E-state index in [1.807, 2.05) is 26.0 Å². The molecule has 0 radical (unpaired) electrons. The molecule has 0 bridgehead atoms. The van der Waals surface area contributed by atoms with Crippen molar-refractivity contribution in [3.63, 3.8) is 0 Å². The standard InChI is InChI=1S/C14H13NO2/c1-10-3-4-12(11(2)9-10)7-8-15-13(16)5-6-14(15)17/h3-9H,1-2H3. The van der Waals surface area contributed by atoms with Gasteiger partial charge in [0.2, 0.25) is 0 Å². The lowest BCUT2D eigenvalue weighted by Gasteiger charge is -2.07. The van der Waals surface area contributed by atoms with E-state index in [0.29, 0.717) is 0 Å². The fraction of sp³-hybridized carbons (Fsp3) is 0.143. The lowest BCUT2D eigenvalue weighted by molar-refractivity contribution is -0.133. The first-order valence-corrected chi connectivity index (χ1v) is 5.38. The van der Waals surface area contributed by atoms with E-state index >= 15 is 0 Å². The Morgan fingerprint density at radius 2 is 1.71 bits per heavy atom. The Bertz CT molecular complexity index is 523. The molecule has 0 saturated heterocycles. The molecule has 1 aromatic rings. The van der Waals surface area contributed by atoms with E-state index in [0.717, 1.165) is 16.0 Å². The summed E-state index contributed by atoms with van der Waals surface area (Å²) in [6.07, 6.45) is 5.84. The van der Waals surface area contributed by atoms with Crippen LogP contribution in [0.2, 0.25) is 0 Å². The summed E-state index contributed by atoms with van der Waals surface area (Å²) >= 11 is 0. The van der Waals surface area contributed by atoms with Crippen LogP contribution < -0.4 is 0 Å². The first-order valence-electron chi connectivity index (χ1n) is 5.38. The van der Waals surface area contributed by atoms with Gasteiger partial charge in [0.05, 0.1) is 0 Å². The molecule has 0 saturated carbocycles. The van der Waals surface area contributed by atoms with Crippen LogP contribution in [0, 0.1) is 13.8 Å². The third-order valence-electron chi connectivity index (χ3n) is 2.67. The third kappa shape index (κ3) is 2.33. The molecule has 0 aromatic heterocycles. The van der Waals surface area contributed by atoms with Crippen LogP contribution in [0.15, 0.2) is 36.6 Å². The SMILES string of the molecule is Cc1ccc(C=CN2C(=O)C=CC2=O)c(C)c1. The number of carbonyl (C=O) groups excluding carboxylic acids is 2. The fourth-order valence-electron chi connectivity index (χ4n) is 1.73. The molecule has 0 atom stereocenters. The lowest BCUT2D eigenvalue weighted by atomic mass is 10.1. The summed E-state index contributed by atoms with van der Waals surface area (Å²) in [6, 6.07) is 6.03.